The second kappa shape index (κ2) is 10.5. The number of nitrogens with zero attached hydrogens (tertiary/aromatic N) is 3. The van der Waals surface area contributed by atoms with Gasteiger partial charge in [0.25, 0.3) is 0 Å². The number of benzene rings is 1. The Morgan fingerprint density at radius 2 is 2.04 bits per heavy atom. The topological polar surface area (TPSA) is 58.6 Å². The van der Waals surface area contributed by atoms with Gasteiger partial charge in [0.15, 0.2) is 5.96 Å². The lowest BCUT2D eigenvalue weighted by atomic mass is 10.1. The minimum absolute atomic E-state index is 0.603. The highest BCUT2D eigenvalue weighted by Gasteiger charge is 2.30. The molecule has 0 radical (unpaired) electrons. The van der Waals surface area contributed by atoms with Crippen molar-refractivity contribution in [2.75, 3.05) is 66.7 Å². The first kappa shape index (κ1) is 20.7. The quantitative estimate of drug-likeness (QED) is 0.564. The zero-order chi connectivity index (χ0) is 19.8. The molecule has 0 bridgehead atoms. The highest BCUT2D eigenvalue weighted by Crippen LogP contribution is 2.24. The normalized spacial score (nSPS) is 21.0. The SMILES string of the molecule is CCNC(=NCCc1cc(OC)ccc1OC)N1CCC(N2CCOCC2)C1. The van der Waals surface area contributed by atoms with Gasteiger partial charge in [-0.3, -0.25) is 9.89 Å². The van der Waals surface area contributed by atoms with Crippen LogP contribution in [-0.2, 0) is 11.2 Å². The van der Waals surface area contributed by atoms with Crippen LogP contribution in [0.1, 0.15) is 18.9 Å². The molecule has 2 fully saturated rings. The predicted molar refractivity (Wildman–Crippen MR) is 112 cm³/mol. The van der Waals surface area contributed by atoms with Crippen molar-refractivity contribution >= 4 is 5.96 Å². The molecule has 7 nitrogen and oxygen atoms in total. The van der Waals surface area contributed by atoms with Crippen LogP contribution in [0.4, 0.5) is 0 Å². The zero-order valence-corrected chi connectivity index (χ0v) is 17.4. The van der Waals surface area contributed by atoms with E-state index >= 15 is 0 Å². The molecule has 7 heteroatoms. The number of likely N-dealkylation sites (tertiary alicyclic amines) is 1. The van der Waals surface area contributed by atoms with Crippen molar-refractivity contribution < 1.29 is 14.2 Å². The standard InChI is InChI=1S/C21H34N4O3/c1-4-22-21(25-10-8-18(16-25)24-11-13-28-14-12-24)23-9-7-17-15-19(26-2)5-6-20(17)27-3/h5-6,15,18H,4,7-14,16H2,1-3H3,(H,22,23). The third kappa shape index (κ3) is 5.29. The highest BCUT2D eigenvalue weighted by molar-refractivity contribution is 5.80. The molecule has 0 saturated carbocycles. The lowest BCUT2D eigenvalue weighted by molar-refractivity contribution is 0.0195. The van der Waals surface area contributed by atoms with E-state index in [0.29, 0.717) is 12.6 Å². The van der Waals surface area contributed by atoms with Crippen LogP contribution in [0.25, 0.3) is 0 Å². The molecule has 28 heavy (non-hydrogen) atoms. The number of methoxy groups -OCH3 is 2. The Hall–Kier alpha value is -1.99. The van der Waals surface area contributed by atoms with Crippen molar-refractivity contribution in [3.8, 4) is 11.5 Å². The summed E-state index contributed by atoms with van der Waals surface area (Å²) in [6.07, 6.45) is 2.00. The van der Waals surface area contributed by atoms with Crippen molar-refractivity contribution in [3.05, 3.63) is 23.8 Å². The van der Waals surface area contributed by atoms with Crippen LogP contribution >= 0.6 is 0 Å². The van der Waals surface area contributed by atoms with Crippen molar-refractivity contribution in [2.45, 2.75) is 25.8 Å². The third-order valence-electron chi connectivity index (χ3n) is 5.49. The van der Waals surface area contributed by atoms with Gasteiger partial charge in [-0.25, -0.2) is 0 Å². The molecule has 1 atom stereocenters. The summed E-state index contributed by atoms with van der Waals surface area (Å²) in [5, 5.41) is 3.46. The maximum absolute atomic E-state index is 5.49. The number of rotatable bonds is 7. The molecular formula is C21H34N4O3. The maximum Gasteiger partial charge on any atom is 0.193 e. The van der Waals surface area contributed by atoms with E-state index in [1.165, 1.54) is 6.42 Å². The van der Waals surface area contributed by atoms with Crippen LogP contribution < -0.4 is 14.8 Å². The second-order valence-corrected chi connectivity index (χ2v) is 7.20. The molecule has 2 saturated heterocycles. The van der Waals surface area contributed by atoms with Gasteiger partial charge in [0.05, 0.1) is 27.4 Å². The Labute approximate surface area is 168 Å². The molecule has 2 heterocycles. The molecule has 156 valence electrons. The summed E-state index contributed by atoms with van der Waals surface area (Å²) in [4.78, 5) is 9.85. The van der Waals surface area contributed by atoms with Crippen molar-refractivity contribution in [1.29, 1.82) is 0 Å². The first-order chi connectivity index (χ1) is 13.7. The monoisotopic (exact) mass is 390 g/mol. The minimum atomic E-state index is 0.603. The number of ether oxygens (including phenoxy) is 3. The number of morpholine rings is 1. The predicted octanol–water partition coefficient (Wildman–Crippen LogP) is 1.62. The summed E-state index contributed by atoms with van der Waals surface area (Å²) in [5.41, 5.74) is 1.12. The number of aliphatic imine (C=N–C) groups is 1. The Morgan fingerprint density at radius 3 is 2.75 bits per heavy atom. The van der Waals surface area contributed by atoms with E-state index < -0.39 is 0 Å². The molecular weight excluding hydrogens is 356 g/mol. The van der Waals surface area contributed by atoms with Crippen LogP contribution in [0, 0.1) is 0 Å². The van der Waals surface area contributed by atoms with Gasteiger partial charge in [-0.05, 0) is 43.5 Å². The van der Waals surface area contributed by atoms with Crippen LogP contribution in [-0.4, -0.2) is 88.5 Å². The molecule has 0 aromatic heterocycles. The zero-order valence-electron chi connectivity index (χ0n) is 17.4. The van der Waals surface area contributed by atoms with Crippen LogP contribution in [0.15, 0.2) is 23.2 Å². The first-order valence-electron chi connectivity index (χ1n) is 10.3. The first-order valence-corrected chi connectivity index (χ1v) is 10.3. The molecule has 1 N–H and O–H groups in total. The fourth-order valence-electron chi connectivity index (χ4n) is 3.96. The van der Waals surface area contributed by atoms with Gasteiger partial charge in [0.2, 0.25) is 0 Å². The Balaban J connectivity index is 1.60. The molecule has 0 aliphatic carbocycles. The van der Waals surface area contributed by atoms with E-state index in [1.807, 2.05) is 18.2 Å². The molecule has 0 spiro atoms. The van der Waals surface area contributed by atoms with Gasteiger partial charge in [0.1, 0.15) is 11.5 Å². The third-order valence-corrected chi connectivity index (χ3v) is 5.49. The van der Waals surface area contributed by atoms with Gasteiger partial charge in [0, 0.05) is 45.3 Å². The number of guanidine groups is 1. The molecule has 1 unspecified atom stereocenters. The van der Waals surface area contributed by atoms with Crippen LogP contribution in [0.2, 0.25) is 0 Å². The van der Waals surface area contributed by atoms with Gasteiger partial charge >= 0.3 is 0 Å². The maximum atomic E-state index is 5.49. The van der Waals surface area contributed by atoms with Gasteiger partial charge in [-0.15, -0.1) is 0 Å². The van der Waals surface area contributed by atoms with Crippen LogP contribution in [0.3, 0.4) is 0 Å². The number of nitrogens with one attached hydrogen (secondary N) is 1. The van der Waals surface area contributed by atoms with E-state index in [-0.39, 0.29) is 0 Å². The van der Waals surface area contributed by atoms with Crippen molar-refractivity contribution in [3.63, 3.8) is 0 Å². The Morgan fingerprint density at radius 1 is 1.21 bits per heavy atom. The average Bonchev–Trinajstić information content (AvgIpc) is 3.24. The fraction of sp³-hybridized carbons (Fsp3) is 0.667. The smallest absolute Gasteiger partial charge is 0.193 e. The molecule has 1 aromatic carbocycles. The summed E-state index contributed by atoms with van der Waals surface area (Å²) in [6.45, 7) is 9.59. The summed E-state index contributed by atoms with van der Waals surface area (Å²) >= 11 is 0. The molecule has 2 aliphatic rings. The summed E-state index contributed by atoms with van der Waals surface area (Å²) in [7, 11) is 3.39. The molecule has 1 aromatic rings. The van der Waals surface area contributed by atoms with E-state index in [2.05, 4.69) is 22.0 Å². The number of hydrogen-bond acceptors (Lipinski definition) is 5. The summed E-state index contributed by atoms with van der Waals surface area (Å²) in [5.74, 6) is 2.74. The highest BCUT2D eigenvalue weighted by atomic mass is 16.5. The molecule has 2 aliphatic heterocycles. The summed E-state index contributed by atoms with van der Waals surface area (Å²) < 4.78 is 16.3. The Kier molecular flexibility index (Phi) is 7.80. The van der Waals surface area contributed by atoms with E-state index in [9.17, 15) is 0 Å². The Bertz CT molecular complexity index is 647. The van der Waals surface area contributed by atoms with Crippen LogP contribution in [0.5, 0.6) is 11.5 Å². The second-order valence-electron chi connectivity index (χ2n) is 7.20. The minimum Gasteiger partial charge on any atom is -0.497 e. The van der Waals surface area contributed by atoms with E-state index in [0.717, 1.165) is 75.4 Å². The van der Waals surface area contributed by atoms with Gasteiger partial charge in [-0.2, -0.15) is 0 Å². The van der Waals surface area contributed by atoms with Gasteiger partial charge in [-0.1, -0.05) is 0 Å². The largest absolute Gasteiger partial charge is 0.497 e. The van der Waals surface area contributed by atoms with Crippen molar-refractivity contribution in [2.24, 2.45) is 4.99 Å². The molecule has 0 amide bonds. The fourth-order valence-corrected chi connectivity index (χ4v) is 3.96. The van der Waals surface area contributed by atoms with E-state index in [4.69, 9.17) is 19.2 Å². The average molecular weight is 391 g/mol. The van der Waals surface area contributed by atoms with E-state index in [1.54, 1.807) is 14.2 Å². The van der Waals surface area contributed by atoms with Gasteiger partial charge < -0.3 is 24.4 Å². The molecule has 3 rings (SSSR count). The number of hydrogen-bond donors (Lipinski definition) is 1. The van der Waals surface area contributed by atoms with Crippen molar-refractivity contribution in [1.82, 2.24) is 15.1 Å². The lowest BCUT2D eigenvalue weighted by Crippen LogP contribution is -2.46. The lowest BCUT2D eigenvalue weighted by Gasteiger charge is -2.32. The summed E-state index contributed by atoms with van der Waals surface area (Å²) in [6, 6.07) is 6.51.